The van der Waals surface area contributed by atoms with Gasteiger partial charge in [0.2, 0.25) is 0 Å². The Morgan fingerprint density at radius 1 is 1.07 bits per heavy atom. The molecule has 0 aromatic heterocycles. The summed E-state index contributed by atoms with van der Waals surface area (Å²) in [5.41, 5.74) is 0. The molecule has 2 aliphatic rings. The fourth-order valence-corrected chi connectivity index (χ4v) is 2.46. The molecule has 15 heavy (non-hydrogen) atoms. The van der Waals surface area contributed by atoms with Gasteiger partial charge in [-0.05, 0) is 38.9 Å². The van der Waals surface area contributed by atoms with Gasteiger partial charge in [-0.2, -0.15) is 0 Å². The lowest BCUT2D eigenvalue weighted by atomic mass is 9.97. The zero-order chi connectivity index (χ0) is 9.80. The van der Waals surface area contributed by atoms with Crippen molar-refractivity contribution in [1.29, 1.82) is 0 Å². The number of nitrogens with one attached hydrogen (secondary N) is 1. The van der Waals surface area contributed by atoms with Crippen LogP contribution in [0.3, 0.4) is 0 Å². The SMILES string of the molecule is CN1CCN(CC2CCNCC2)CC1.Cl. The quantitative estimate of drug-likeness (QED) is 0.756. The minimum absolute atomic E-state index is 0. The maximum absolute atomic E-state index is 3.43. The van der Waals surface area contributed by atoms with Gasteiger partial charge in [0.05, 0.1) is 0 Å². The molecule has 90 valence electrons. The van der Waals surface area contributed by atoms with Gasteiger partial charge < -0.3 is 15.1 Å². The number of piperidine rings is 1. The average molecular weight is 234 g/mol. The van der Waals surface area contributed by atoms with Gasteiger partial charge in [0.25, 0.3) is 0 Å². The van der Waals surface area contributed by atoms with E-state index in [9.17, 15) is 0 Å². The van der Waals surface area contributed by atoms with Crippen LogP contribution in [0.25, 0.3) is 0 Å². The first-order chi connectivity index (χ1) is 6.84. The molecular weight excluding hydrogens is 210 g/mol. The van der Waals surface area contributed by atoms with E-state index in [1.54, 1.807) is 0 Å². The fraction of sp³-hybridized carbons (Fsp3) is 1.00. The van der Waals surface area contributed by atoms with Crippen molar-refractivity contribution in [2.24, 2.45) is 5.92 Å². The Morgan fingerprint density at radius 2 is 1.67 bits per heavy atom. The van der Waals surface area contributed by atoms with Crippen LogP contribution in [-0.4, -0.2) is 62.7 Å². The molecular formula is C11H24ClN3. The molecule has 0 aromatic rings. The number of hydrogen-bond donors (Lipinski definition) is 1. The maximum Gasteiger partial charge on any atom is 0.0110 e. The van der Waals surface area contributed by atoms with Crippen LogP contribution < -0.4 is 5.32 Å². The third-order valence-electron chi connectivity index (χ3n) is 3.57. The molecule has 0 bridgehead atoms. The lowest BCUT2D eigenvalue weighted by Gasteiger charge is -2.35. The Kier molecular flexibility index (Phi) is 5.90. The van der Waals surface area contributed by atoms with Gasteiger partial charge in [-0.1, -0.05) is 0 Å². The first-order valence-corrected chi connectivity index (χ1v) is 5.96. The summed E-state index contributed by atoms with van der Waals surface area (Å²) in [6, 6.07) is 0. The van der Waals surface area contributed by atoms with Crippen LogP contribution in [0.4, 0.5) is 0 Å². The molecule has 1 N–H and O–H groups in total. The molecule has 4 heteroatoms. The predicted molar refractivity (Wildman–Crippen MR) is 66.8 cm³/mol. The summed E-state index contributed by atoms with van der Waals surface area (Å²) in [5.74, 6) is 0.958. The maximum atomic E-state index is 3.43. The molecule has 0 aromatic carbocycles. The Morgan fingerprint density at radius 3 is 2.27 bits per heavy atom. The molecule has 0 aliphatic carbocycles. The van der Waals surface area contributed by atoms with Gasteiger partial charge in [0.15, 0.2) is 0 Å². The standard InChI is InChI=1S/C11H23N3.ClH/c1-13-6-8-14(9-7-13)10-11-2-4-12-5-3-11;/h11-12H,2-10H2,1H3;1H. The zero-order valence-electron chi connectivity index (χ0n) is 9.74. The summed E-state index contributed by atoms with van der Waals surface area (Å²) in [6.45, 7) is 8.88. The van der Waals surface area contributed by atoms with Crippen molar-refractivity contribution in [2.75, 3.05) is 52.9 Å². The summed E-state index contributed by atoms with van der Waals surface area (Å²) in [7, 11) is 2.22. The molecule has 0 amide bonds. The van der Waals surface area contributed by atoms with Crippen LogP contribution in [0.5, 0.6) is 0 Å². The number of nitrogens with zero attached hydrogens (tertiary/aromatic N) is 2. The van der Waals surface area contributed by atoms with Gasteiger partial charge in [0, 0.05) is 32.7 Å². The van der Waals surface area contributed by atoms with Crippen molar-refractivity contribution in [3.63, 3.8) is 0 Å². The second kappa shape index (κ2) is 6.69. The summed E-state index contributed by atoms with van der Waals surface area (Å²) in [5, 5.41) is 3.43. The fourth-order valence-electron chi connectivity index (χ4n) is 2.46. The van der Waals surface area contributed by atoms with Crippen molar-refractivity contribution in [2.45, 2.75) is 12.8 Å². The number of piperazine rings is 1. The van der Waals surface area contributed by atoms with Crippen molar-refractivity contribution in [3.05, 3.63) is 0 Å². The van der Waals surface area contributed by atoms with Crippen LogP contribution in [0.1, 0.15) is 12.8 Å². The van der Waals surface area contributed by atoms with Gasteiger partial charge in [-0.25, -0.2) is 0 Å². The van der Waals surface area contributed by atoms with E-state index < -0.39 is 0 Å². The molecule has 0 atom stereocenters. The molecule has 0 radical (unpaired) electrons. The first-order valence-electron chi connectivity index (χ1n) is 5.96. The summed E-state index contributed by atoms with van der Waals surface area (Å²) in [4.78, 5) is 5.08. The molecule has 0 saturated carbocycles. The highest BCUT2D eigenvalue weighted by Crippen LogP contribution is 2.14. The van der Waals surface area contributed by atoms with E-state index in [0.29, 0.717) is 0 Å². The third-order valence-corrected chi connectivity index (χ3v) is 3.57. The topological polar surface area (TPSA) is 18.5 Å². The van der Waals surface area contributed by atoms with Crippen molar-refractivity contribution >= 4 is 12.4 Å². The minimum Gasteiger partial charge on any atom is -0.317 e. The molecule has 2 saturated heterocycles. The van der Waals surface area contributed by atoms with Crippen LogP contribution in [0.2, 0.25) is 0 Å². The lowest BCUT2D eigenvalue weighted by molar-refractivity contribution is 0.127. The lowest BCUT2D eigenvalue weighted by Crippen LogP contribution is -2.47. The van der Waals surface area contributed by atoms with E-state index in [0.717, 1.165) is 5.92 Å². The second-order valence-electron chi connectivity index (χ2n) is 4.80. The normalized spacial score (nSPS) is 26.2. The van der Waals surface area contributed by atoms with E-state index in [1.807, 2.05) is 0 Å². The number of rotatable bonds is 2. The second-order valence-corrected chi connectivity index (χ2v) is 4.80. The summed E-state index contributed by atoms with van der Waals surface area (Å²) < 4.78 is 0. The van der Waals surface area contributed by atoms with Crippen molar-refractivity contribution in [3.8, 4) is 0 Å². The Bertz CT molecular complexity index is 163. The minimum atomic E-state index is 0. The van der Waals surface area contributed by atoms with Crippen LogP contribution in [0.15, 0.2) is 0 Å². The van der Waals surface area contributed by atoms with Gasteiger partial charge in [-0.15, -0.1) is 12.4 Å². The Labute approximate surface area is 99.6 Å². The van der Waals surface area contributed by atoms with Gasteiger partial charge in [-0.3, -0.25) is 0 Å². The largest absolute Gasteiger partial charge is 0.317 e. The van der Waals surface area contributed by atoms with Gasteiger partial charge >= 0.3 is 0 Å². The first kappa shape index (κ1) is 13.2. The highest BCUT2D eigenvalue weighted by atomic mass is 35.5. The van der Waals surface area contributed by atoms with E-state index >= 15 is 0 Å². The van der Waals surface area contributed by atoms with Crippen LogP contribution in [-0.2, 0) is 0 Å². The molecule has 2 rings (SSSR count). The summed E-state index contributed by atoms with van der Waals surface area (Å²) in [6.07, 6.45) is 2.76. The van der Waals surface area contributed by atoms with Crippen molar-refractivity contribution in [1.82, 2.24) is 15.1 Å². The predicted octanol–water partition coefficient (Wildman–Crippen LogP) is 0.655. The molecule has 0 unspecified atom stereocenters. The molecule has 2 fully saturated rings. The van der Waals surface area contributed by atoms with Crippen LogP contribution in [0, 0.1) is 5.92 Å². The highest BCUT2D eigenvalue weighted by Gasteiger charge is 2.19. The zero-order valence-corrected chi connectivity index (χ0v) is 10.6. The van der Waals surface area contributed by atoms with E-state index in [4.69, 9.17) is 0 Å². The number of hydrogen-bond acceptors (Lipinski definition) is 3. The Hall–Kier alpha value is 0.170. The molecule has 2 aliphatic heterocycles. The number of halogens is 1. The monoisotopic (exact) mass is 233 g/mol. The molecule has 3 nitrogen and oxygen atoms in total. The summed E-state index contributed by atoms with van der Waals surface area (Å²) >= 11 is 0. The van der Waals surface area contributed by atoms with Gasteiger partial charge in [0.1, 0.15) is 0 Å². The van der Waals surface area contributed by atoms with E-state index in [2.05, 4.69) is 22.2 Å². The van der Waals surface area contributed by atoms with Crippen LogP contribution >= 0.6 is 12.4 Å². The van der Waals surface area contributed by atoms with E-state index in [1.165, 1.54) is 58.7 Å². The highest BCUT2D eigenvalue weighted by molar-refractivity contribution is 5.85. The molecule has 0 spiro atoms. The Balaban J connectivity index is 0.00000112. The van der Waals surface area contributed by atoms with Crippen molar-refractivity contribution < 1.29 is 0 Å². The third kappa shape index (κ3) is 4.27. The molecule has 2 heterocycles. The smallest absolute Gasteiger partial charge is 0.0110 e. The van der Waals surface area contributed by atoms with E-state index in [-0.39, 0.29) is 12.4 Å². The average Bonchev–Trinajstić information content (AvgIpc) is 2.23. The number of likely N-dealkylation sites (N-methyl/N-ethyl adjacent to an activating group) is 1.